The molecule has 0 heterocycles. The van der Waals surface area contributed by atoms with Gasteiger partial charge in [-0.1, -0.05) is 36.2 Å². The summed E-state index contributed by atoms with van der Waals surface area (Å²) in [7, 11) is 0. The van der Waals surface area contributed by atoms with Crippen LogP contribution in [0, 0.1) is 11.8 Å². The van der Waals surface area contributed by atoms with Gasteiger partial charge in [-0.05, 0) is 31.1 Å². The fraction of sp³-hybridized carbons (Fsp3) is 0.917. The normalized spacial score (nSPS) is 25.9. The van der Waals surface area contributed by atoms with Crippen molar-refractivity contribution in [3.63, 3.8) is 0 Å². The summed E-state index contributed by atoms with van der Waals surface area (Å²) in [6.45, 7) is 5.16. The van der Waals surface area contributed by atoms with Gasteiger partial charge in [0.05, 0.1) is 0 Å². The van der Waals surface area contributed by atoms with E-state index in [0.29, 0.717) is 23.1 Å². The Morgan fingerprint density at radius 2 is 2.20 bits per heavy atom. The molecule has 0 spiro atoms. The zero-order chi connectivity index (χ0) is 11.3. The molecule has 1 N–H and O–H groups in total. The van der Waals surface area contributed by atoms with Gasteiger partial charge in [-0.25, -0.2) is 0 Å². The van der Waals surface area contributed by atoms with Crippen molar-refractivity contribution in [1.29, 1.82) is 0 Å². The van der Waals surface area contributed by atoms with Crippen LogP contribution in [0.3, 0.4) is 0 Å². The van der Waals surface area contributed by atoms with Crippen LogP contribution in [0.25, 0.3) is 0 Å². The van der Waals surface area contributed by atoms with E-state index < -0.39 is 0 Å². The number of rotatable bonds is 5. The minimum atomic E-state index is 0.218. The standard InChI is InChI=1S/C12H22BrNO/c1-9(2)6-7-12(15)14-8-10-4-3-5-11(10)13/h9-11H,3-8H2,1-2H3,(H,14,15). The molecule has 0 bridgehead atoms. The molecule has 0 aromatic rings. The van der Waals surface area contributed by atoms with E-state index in [-0.39, 0.29) is 5.91 Å². The van der Waals surface area contributed by atoms with Gasteiger partial charge in [0.2, 0.25) is 5.91 Å². The molecule has 1 fully saturated rings. The third kappa shape index (κ3) is 5.01. The number of hydrogen-bond acceptors (Lipinski definition) is 1. The van der Waals surface area contributed by atoms with Gasteiger partial charge < -0.3 is 5.32 Å². The van der Waals surface area contributed by atoms with Crippen molar-refractivity contribution in [1.82, 2.24) is 5.32 Å². The molecule has 15 heavy (non-hydrogen) atoms. The van der Waals surface area contributed by atoms with Crippen LogP contribution in [0.5, 0.6) is 0 Å². The number of halogens is 1. The van der Waals surface area contributed by atoms with E-state index in [0.717, 1.165) is 13.0 Å². The van der Waals surface area contributed by atoms with E-state index in [1.165, 1.54) is 19.3 Å². The Kier molecular flexibility index (Phi) is 5.65. The summed E-state index contributed by atoms with van der Waals surface area (Å²) >= 11 is 3.67. The number of alkyl halides is 1. The summed E-state index contributed by atoms with van der Waals surface area (Å²) in [5.74, 6) is 1.48. The Bertz CT molecular complexity index is 206. The number of hydrogen-bond donors (Lipinski definition) is 1. The molecular weight excluding hydrogens is 254 g/mol. The topological polar surface area (TPSA) is 29.1 Å². The van der Waals surface area contributed by atoms with Crippen molar-refractivity contribution in [2.45, 2.75) is 50.8 Å². The van der Waals surface area contributed by atoms with Gasteiger partial charge in [0, 0.05) is 17.8 Å². The molecule has 0 radical (unpaired) electrons. The van der Waals surface area contributed by atoms with Gasteiger partial charge >= 0.3 is 0 Å². The zero-order valence-corrected chi connectivity index (χ0v) is 11.3. The first-order chi connectivity index (χ1) is 7.09. The molecule has 1 aliphatic rings. The number of amides is 1. The molecule has 1 rings (SSSR count). The van der Waals surface area contributed by atoms with Crippen molar-refractivity contribution < 1.29 is 4.79 Å². The maximum atomic E-state index is 11.5. The number of carbonyl (C=O) groups is 1. The summed E-state index contributed by atoms with van der Waals surface area (Å²) in [5.41, 5.74) is 0. The predicted octanol–water partition coefficient (Wildman–Crippen LogP) is 3.10. The van der Waals surface area contributed by atoms with E-state index >= 15 is 0 Å². The molecule has 1 saturated carbocycles. The van der Waals surface area contributed by atoms with Crippen LogP contribution in [-0.2, 0) is 4.79 Å². The highest BCUT2D eigenvalue weighted by Crippen LogP contribution is 2.30. The summed E-state index contributed by atoms with van der Waals surface area (Å²) in [6, 6.07) is 0. The van der Waals surface area contributed by atoms with Crippen LogP contribution in [0.4, 0.5) is 0 Å². The zero-order valence-electron chi connectivity index (χ0n) is 9.76. The van der Waals surface area contributed by atoms with E-state index in [2.05, 4.69) is 35.1 Å². The summed E-state index contributed by atoms with van der Waals surface area (Å²) in [5, 5.41) is 3.04. The molecule has 2 unspecified atom stereocenters. The molecule has 2 atom stereocenters. The molecule has 1 amide bonds. The molecule has 0 aromatic heterocycles. The van der Waals surface area contributed by atoms with Gasteiger partial charge in [-0.2, -0.15) is 0 Å². The Morgan fingerprint density at radius 3 is 2.73 bits per heavy atom. The lowest BCUT2D eigenvalue weighted by atomic mass is 10.1. The summed E-state index contributed by atoms with van der Waals surface area (Å²) in [4.78, 5) is 12.1. The molecule has 0 saturated heterocycles. The molecular formula is C12H22BrNO. The molecule has 0 aromatic carbocycles. The third-order valence-electron chi connectivity index (χ3n) is 3.08. The molecule has 1 aliphatic carbocycles. The van der Waals surface area contributed by atoms with Crippen LogP contribution in [0.1, 0.15) is 46.0 Å². The highest BCUT2D eigenvalue weighted by Gasteiger charge is 2.24. The van der Waals surface area contributed by atoms with E-state index in [9.17, 15) is 4.79 Å². The SMILES string of the molecule is CC(C)CCC(=O)NCC1CCCC1Br. The lowest BCUT2D eigenvalue weighted by Gasteiger charge is -2.14. The van der Waals surface area contributed by atoms with Crippen molar-refractivity contribution in [3.05, 3.63) is 0 Å². The first-order valence-corrected chi connectivity index (χ1v) is 6.92. The van der Waals surface area contributed by atoms with E-state index in [1.807, 2.05) is 0 Å². The minimum Gasteiger partial charge on any atom is -0.356 e. The van der Waals surface area contributed by atoms with Crippen molar-refractivity contribution >= 4 is 21.8 Å². The van der Waals surface area contributed by atoms with E-state index in [4.69, 9.17) is 0 Å². The number of carbonyl (C=O) groups excluding carboxylic acids is 1. The first-order valence-electron chi connectivity index (χ1n) is 6.00. The van der Waals surface area contributed by atoms with Gasteiger partial charge in [0.25, 0.3) is 0 Å². The summed E-state index contributed by atoms with van der Waals surface area (Å²) < 4.78 is 0. The van der Waals surface area contributed by atoms with Gasteiger partial charge in [0.1, 0.15) is 0 Å². The fourth-order valence-corrected chi connectivity index (χ4v) is 2.75. The second kappa shape index (κ2) is 6.51. The Hall–Kier alpha value is -0.0500. The van der Waals surface area contributed by atoms with Gasteiger partial charge in [-0.3, -0.25) is 4.79 Å². The van der Waals surface area contributed by atoms with Gasteiger partial charge in [0.15, 0.2) is 0 Å². The van der Waals surface area contributed by atoms with E-state index in [1.54, 1.807) is 0 Å². The average Bonchev–Trinajstić information content (AvgIpc) is 2.58. The maximum Gasteiger partial charge on any atom is 0.220 e. The Morgan fingerprint density at radius 1 is 1.47 bits per heavy atom. The highest BCUT2D eigenvalue weighted by molar-refractivity contribution is 9.09. The highest BCUT2D eigenvalue weighted by atomic mass is 79.9. The smallest absolute Gasteiger partial charge is 0.220 e. The minimum absolute atomic E-state index is 0.218. The quantitative estimate of drug-likeness (QED) is 0.768. The van der Waals surface area contributed by atoms with Crippen LogP contribution in [-0.4, -0.2) is 17.3 Å². The predicted molar refractivity (Wildman–Crippen MR) is 67.1 cm³/mol. The monoisotopic (exact) mass is 275 g/mol. The second-order valence-electron chi connectivity index (χ2n) is 4.94. The lowest BCUT2D eigenvalue weighted by Crippen LogP contribution is -2.30. The maximum absolute atomic E-state index is 11.5. The summed E-state index contributed by atoms with van der Waals surface area (Å²) in [6.07, 6.45) is 5.47. The van der Waals surface area contributed by atoms with Crippen molar-refractivity contribution in [3.8, 4) is 0 Å². The fourth-order valence-electron chi connectivity index (χ4n) is 1.97. The van der Waals surface area contributed by atoms with Crippen molar-refractivity contribution in [2.24, 2.45) is 11.8 Å². The van der Waals surface area contributed by atoms with Crippen LogP contribution >= 0.6 is 15.9 Å². The largest absolute Gasteiger partial charge is 0.356 e. The second-order valence-corrected chi connectivity index (χ2v) is 6.12. The first kappa shape index (κ1) is 13.0. The Balaban J connectivity index is 2.11. The van der Waals surface area contributed by atoms with Crippen molar-refractivity contribution in [2.75, 3.05) is 6.54 Å². The van der Waals surface area contributed by atoms with Crippen LogP contribution in [0.2, 0.25) is 0 Å². The van der Waals surface area contributed by atoms with Crippen LogP contribution < -0.4 is 5.32 Å². The third-order valence-corrected chi connectivity index (χ3v) is 4.28. The lowest BCUT2D eigenvalue weighted by molar-refractivity contribution is -0.121. The number of nitrogens with one attached hydrogen (secondary N) is 1. The molecule has 0 aliphatic heterocycles. The average molecular weight is 276 g/mol. The molecule has 88 valence electrons. The van der Waals surface area contributed by atoms with Gasteiger partial charge in [-0.15, -0.1) is 0 Å². The molecule has 2 nitrogen and oxygen atoms in total. The Labute approximate surface area is 101 Å². The molecule has 3 heteroatoms. The van der Waals surface area contributed by atoms with Crippen LogP contribution in [0.15, 0.2) is 0 Å².